The number of nitrogens with zero attached hydrogens (tertiary/aromatic N) is 2. The van der Waals surface area contributed by atoms with E-state index in [4.69, 9.17) is 0 Å². The Balaban J connectivity index is 1.44. The van der Waals surface area contributed by atoms with Crippen molar-refractivity contribution in [2.75, 3.05) is 5.32 Å². The van der Waals surface area contributed by atoms with E-state index in [9.17, 15) is 9.59 Å². The molecule has 2 aromatic heterocycles. The lowest BCUT2D eigenvalue weighted by Crippen LogP contribution is -2.24. The Morgan fingerprint density at radius 1 is 1.16 bits per heavy atom. The van der Waals surface area contributed by atoms with Gasteiger partial charge >= 0.3 is 0 Å². The highest BCUT2D eigenvalue weighted by Gasteiger charge is 2.29. The molecule has 1 aromatic carbocycles. The Labute approximate surface area is 148 Å². The minimum absolute atomic E-state index is 0.139. The van der Waals surface area contributed by atoms with E-state index in [-0.39, 0.29) is 24.3 Å². The van der Waals surface area contributed by atoms with Crippen molar-refractivity contribution in [2.24, 2.45) is 0 Å². The first kappa shape index (κ1) is 15.5. The Bertz CT molecular complexity index is 939. The fourth-order valence-electron chi connectivity index (χ4n) is 2.80. The van der Waals surface area contributed by atoms with Crippen molar-refractivity contribution in [3.63, 3.8) is 0 Å². The molecule has 0 saturated carbocycles. The van der Waals surface area contributed by atoms with E-state index in [1.807, 2.05) is 41.8 Å². The zero-order valence-electron chi connectivity index (χ0n) is 13.1. The summed E-state index contributed by atoms with van der Waals surface area (Å²) in [4.78, 5) is 32.9. The number of carbonyl (C=O) groups is 2. The minimum Gasteiger partial charge on any atom is -0.345 e. The molecule has 0 aliphatic carbocycles. The zero-order chi connectivity index (χ0) is 17.2. The number of aromatic nitrogens is 2. The fourth-order valence-corrected chi connectivity index (χ4v) is 3.52. The summed E-state index contributed by atoms with van der Waals surface area (Å²) in [5.41, 5.74) is 2.97. The van der Waals surface area contributed by atoms with Gasteiger partial charge in [0.2, 0.25) is 5.91 Å². The number of nitrogens with one attached hydrogen (secondary N) is 2. The molecule has 7 heteroatoms. The van der Waals surface area contributed by atoms with Crippen LogP contribution in [0.3, 0.4) is 0 Å². The number of benzene rings is 1. The van der Waals surface area contributed by atoms with Gasteiger partial charge in [-0.15, -0.1) is 11.3 Å². The lowest BCUT2D eigenvalue weighted by molar-refractivity contribution is -0.116. The van der Waals surface area contributed by atoms with Gasteiger partial charge in [0.1, 0.15) is 5.69 Å². The van der Waals surface area contributed by atoms with Crippen molar-refractivity contribution in [3.05, 3.63) is 65.2 Å². The zero-order valence-corrected chi connectivity index (χ0v) is 13.9. The normalized spacial score (nSPS) is 15.5. The van der Waals surface area contributed by atoms with Gasteiger partial charge in [0.25, 0.3) is 5.91 Å². The fraction of sp³-hybridized carbons (Fsp3) is 0.111. The maximum absolute atomic E-state index is 12.3. The molecule has 124 valence electrons. The Hall–Kier alpha value is -3.06. The number of hydrogen-bond acceptors (Lipinski definition) is 5. The van der Waals surface area contributed by atoms with Crippen LogP contribution in [-0.4, -0.2) is 21.8 Å². The summed E-state index contributed by atoms with van der Waals surface area (Å²) in [6.07, 6.45) is 1.87. The molecule has 0 bridgehead atoms. The quantitative estimate of drug-likeness (QED) is 0.757. The molecule has 3 heterocycles. The maximum Gasteiger partial charge on any atom is 0.252 e. The van der Waals surface area contributed by atoms with Gasteiger partial charge < -0.3 is 10.6 Å². The van der Waals surface area contributed by atoms with Crippen molar-refractivity contribution < 1.29 is 9.59 Å². The molecule has 1 aliphatic rings. The van der Waals surface area contributed by atoms with Gasteiger partial charge in [-0.3, -0.25) is 14.6 Å². The Morgan fingerprint density at radius 2 is 2.00 bits per heavy atom. The number of amides is 2. The maximum atomic E-state index is 12.3. The number of hydrogen-bond donors (Lipinski definition) is 2. The van der Waals surface area contributed by atoms with Crippen LogP contribution in [0.5, 0.6) is 0 Å². The van der Waals surface area contributed by atoms with Gasteiger partial charge in [-0.25, -0.2) is 4.98 Å². The van der Waals surface area contributed by atoms with Crippen LogP contribution in [0, 0.1) is 0 Å². The number of carbonyl (C=O) groups excluding carboxylic acids is 2. The van der Waals surface area contributed by atoms with Crippen LogP contribution >= 0.6 is 11.3 Å². The predicted molar refractivity (Wildman–Crippen MR) is 95.2 cm³/mol. The second-order valence-corrected chi connectivity index (χ2v) is 6.48. The van der Waals surface area contributed by atoms with Crippen molar-refractivity contribution in [1.82, 2.24) is 15.3 Å². The summed E-state index contributed by atoms with van der Waals surface area (Å²) >= 11 is 1.35. The topological polar surface area (TPSA) is 84.0 Å². The summed E-state index contributed by atoms with van der Waals surface area (Å²) in [5.74, 6) is -0.330. The molecule has 0 spiro atoms. The molecule has 0 radical (unpaired) electrons. The minimum atomic E-state index is -0.307. The third kappa shape index (κ3) is 3.14. The van der Waals surface area contributed by atoms with Crippen molar-refractivity contribution in [3.8, 4) is 11.4 Å². The van der Waals surface area contributed by atoms with Crippen LogP contribution in [-0.2, 0) is 4.79 Å². The second kappa shape index (κ2) is 6.45. The van der Waals surface area contributed by atoms with E-state index in [0.29, 0.717) is 10.7 Å². The highest BCUT2D eigenvalue weighted by atomic mass is 32.1. The van der Waals surface area contributed by atoms with Crippen LogP contribution < -0.4 is 10.6 Å². The average molecular weight is 350 g/mol. The summed E-state index contributed by atoms with van der Waals surface area (Å²) in [6.45, 7) is 0. The highest BCUT2D eigenvalue weighted by molar-refractivity contribution is 7.14. The monoisotopic (exact) mass is 350 g/mol. The molecule has 1 atom stereocenters. The number of pyridine rings is 1. The molecular formula is C18H14N4O2S. The first-order valence-corrected chi connectivity index (χ1v) is 8.65. The number of rotatable bonds is 4. The molecule has 1 unspecified atom stereocenters. The first-order chi connectivity index (χ1) is 12.2. The van der Waals surface area contributed by atoms with Crippen molar-refractivity contribution >= 4 is 28.3 Å². The van der Waals surface area contributed by atoms with Crippen molar-refractivity contribution in [2.45, 2.75) is 12.5 Å². The van der Waals surface area contributed by atoms with E-state index in [0.717, 1.165) is 17.0 Å². The first-order valence-electron chi connectivity index (χ1n) is 7.77. The molecule has 1 aliphatic heterocycles. The average Bonchev–Trinajstić information content (AvgIpc) is 3.21. The third-order valence-corrected chi connectivity index (χ3v) is 4.71. The number of thiazole rings is 1. The van der Waals surface area contributed by atoms with Crippen LogP contribution in [0.2, 0.25) is 0 Å². The lowest BCUT2D eigenvalue weighted by Gasteiger charge is -2.10. The molecule has 0 saturated heterocycles. The van der Waals surface area contributed by atoms with Gasteiger partial charge in [-0.05, 0) is 23.8 Å². The molecule has 25 heavy (non-hydrogen) atoms. The predicted octanol–water partition coefficient (Wildman–Crippen LogP) is 3.02. The third-order valence-electron chi connectivity index (χ3n) is 3.95. The van der Waals surface area contributed by atoms with Crippen LogP contribution in [0.15, 0.2) is 54.0 Å². The van der Waals surface area contributed by atoms with Crippen LogP contribution in [0.1, 0.15) is 28.4 Å². The van der Waals surface area contributed by atoms with Crippen molar-refractivity contribution in [1.29, 1.82) is 0 Å². The summed E-state index contributed by atoms with van der Waals surface area (Å²) in [5, 5.41) is 8.00. The molecule has 2 amide bonds. The molecule has 2 N–H and O–H groups in total. The van der Waals surface area contributed by atoms with E-state index in [1.165, 1.54) is 11.3 Å². The van der Waals surface area contributed by atoms with E-state index >= 15 is 0 Å². The van der Waals surface area contributed by atoms with Crippen LogP contribution in [0.4, 0.5) is 5.13 Å². The van der Waals surface area contributed by atoms with E-state index < -0.39 is 0 Å². The lowest BCUT2D eigenvalue weighted by atomic mass is 10.0. The van der Waals surface area contributed by atoms with E-state index in [1.54, 1.807) is 12.3 Å². The number of fused-ring (bicyclic) bond motifs is 1. The Kier molecular flexibility index (Phi) is 3.99. The SMILES string of the molecule is O=C(CC1NC(=O)c2ccccc21)Nc1nc(-c2ccccn2)cs1. The van der Waals surface area contributed by atoms with Gasteiger partial charge in [-0.2, -0.15) is 0 Å². The molecule has 6 nitrogen and oxygen atoms in total. The smallest absolute Gasteiger partial charge is 0.252 e. The molecule has 3 aromatic rings. The standard InChI is InChI=1S/C18H14N4O2S/c23-16(9-14-11-5-1-2-6-12(11)17(24)20-14)22-18-21-15(10-25-18)13-7-3-4-8-19-13/h1-8,10,14H,9H2,(H,20,24)(H,21,22,23). The van der Waals surface area contributed by atoms with Gasteiger partial charge in [-0.1, -0.05) is 24.3 Å². The largest absolute Gasteiger partial charge is 0.345 e. The van der Waals surface area contributed by atoms with Crippen LogP contribution in [0.25, 0.3) is 11.4 Å². The summed E-state index contributed by atoms with van der Waals surface area (Å²) < 4.78 is 0. The van der Waals surface area contributed by atoms with E-state index in [2.05, 4.69) is 20.6 Å². The molecule has 0 fully saturated rings. The van der Waals surface area contributed by atoms with Gasteiger partial charge in [0.15, 0.2) is 5.13 Å². The molecular weight excluding hydrogens is 336 g/mol. The molecule has 4 rings (SSSR count). The summed E-state index contributed by atoms with van der Waals surface area (Å²) in [7, 11) is 0. The summed E-state index contributed by atoms with van der Waals surface area (Å²) in [6, 6.07) is 12.6. The second-order valence-electron chi connectivity index (χ2n) is 5.62. The Morgan fingerprint density at radius 3 is 2.84 bits per heavy atom. The highest BCUT2D eigenvalue weighted by Crippen LogP contribution is 2.28. The van der Waals surface area contributed by atoms with Gasteiger partial charge in [0.05, 0.1) is 18.2 Å². The van der Waals surface area contributed by atoms with Gasteiger partial charge in [0, 0.05) is 17.1 Å². The number of anilines is 1.